The fraction of sp³-hybridized carbons (Fsp3) is 0.231. The molecule has 1 N–H and O–H groups in total. The Kier molecular flexibility index (Phi) is 5.97. The molecule has 36 heavy (non-hydrogen) atoms. The molecule has 10 heteroatoms. The summed E-state index contributed by atoms with van der Waals surface area (Å²) >= 11 is 1.00. The summed E-state index contributed by atoms with van der Waals surface area (Å²) in [4.78, 5) is 45.9. The summed E-state index contributed by atoms with van der Waals surface area (Å²) in [5.41, 5.74) is 1.01. The summed E-state index contributed by atoms with van der Waals surface area (Å²) in [5, 5.41) is 10.8. The van der Waals surface area contributed by atoms with E-state index in [1.165, 1.54) is 11.0 Å². The van der Waals surface area contributed by atoms with Gasteiger partial charge in [-0.15, -0.1) is 0 Å². The molecule has 1 aliphatic heterocycles. The summed E-state index contributed by atoms with van der Waals surface area (Å²) in [6, 6.07) is 10.4. The predicted molar refractivity (Wildman–Crippen MR) is 133 cm³/mol. The molecule has 2 aromatic heterocycles. The number of phenols is 1. The summed E-state index contributed by atoms with van der Waals surface area (Å²) in [6.45, 7) is 5.64. The highest BCUT2D eigenvalue weighted by Gasteiger charge is 2.45. The highest BCUT2D eigenvalue weighted by molar-refractivity contribution is 7.17. The van der Waals surface area contributed by atoms with E-state index in [2.05, 4.69) is 4.98 Å². The Labute approximate surface area is 209 Å². The lowest BCUT2D eigenvalue weighted by Gasteiger charge is -2.23. The molecule has 0 fully saturated rings. The van der Waals surface area contributed by atoms with E-state index in [-0.39, 0.29) is 44.9 Å². The molecule has 1 atom stereocenters. The number of amides is 1. The van der Waals surface area contributed by atoms with E-state index in [9.17, 15) is 19.5 Å². The van der Waals surface area contributed by atoms with Crippen LogP contribution in [-0.4, -0.2) is 35.2 Å². The Morgan fingerprint density at radius 2 is 1.94 bits per heavy atom. The number of hydrogen-bond donors (Lipinski definition) is 1. The van der Waals surface area contributed by atoms with Crippen molar-refractivity contribution in [1.29, 1.82) is 0 Å². The van der Waals surface area contributed by atoms with Crippen molar-refractivity contribution in [3.63, 3.8) is 0 Å². The van der Waals surface area contributed by atoms with E-state index in [0.717, 1.165) is 11.3 Å². The molecule has 1 aliphatic rings. The van der Waals surface area contributed by atoms with Crippen LogP contribution in [0.5, 0.6) is 11.5 Å². The Bertz CT molecular complexity index is 1570. The van der Waals surface area contributed by atoms with Gasteiger partial charge in [0.05, 0.1) is 35.9 Å². The summed E-state index contributed by atoms with van der Waals surface area (Å²) < 4.78 is 16.6. The minimum Gasteiger partial charge on any atom is -0.504 e. The molecular formula is C26H22N2O7S. The number of rotatable bonds is 6. The first-order valence-corrected chi connectivity index (χ1v) is 12.2. The summed E-state index contributed by atoms with van der Waals surface area (Å²) in [7, 11) is 0. The molecule has 0 radical (unpaired) electrons. The zero-order valence-electron chi connectivity index (χ0n) is 19.7. The maximum atomic E-state index is 13.7. The fourth-order valence-corrected chi connectivity index (χ4v) is 5.26. The Hall–Kier alpha value is -4.18. The van der Waals surface area contributed by atoms with Crippen molar-refractivity contribution in [2.75, 3.05) is 18.1 Å². The summed E-state index contributed by atoms with van der Waals surface area (Å²) in [6.07, 6.45) is 0. The second-order valence-corrected chi connectivity index (χ2v) is 9.02. The van der Waals surface area contributed by atoms with Gasteiger partial charge in [-0.3, -0.25) is 14.5 Å². The van der Waals surface area contributed by atoms with E-state index in [1.807, 2.05) is 0 Å². The molecule has 5 rings (SSSR count). The van der Waals surface area contributed by atoms with Crippen molar-refractivity contribution in [1.82, 2.24) is 4.98 Å². The van der Waals surface area contributed by atoms with Gasteiger partial charge in [0.2, 0.25) is 5.76 Å². The van der Waals surface area contributed by atoms with Crippen LogP contribution < -0.4 is 15.1 Å². The van der Waals surface area contributed by atoms with Crippen LogP contribution in [0.2, 0.25) is 0 Å². The molecule has 3 heterocycles. The number of carbonyl (C=O) groups is 2. The maximum absolute atomic E-state index is 13.7. The average molecular weight is 507 g/mol. The number of aryl methyl sites for hydroxylation is 1. The first-order chi connectivity index (χ1) is 17.3. The van der Waals surface area contributed by atoms with Crippen LogP contribution in [0.1, 0.15) is 56.9 Å². The largest absolute Gasteiger partial charge is 0.504 e. The Morgan fingerprint density at radius 1 is 1.17 bits per heavy atom. The molecule has 2 aromatic carbocycles. The van der Waals surface area contributed by atoms with Crippen molar-refractivity contribution in [3.8, 4) is 11.5 Å². The van der Waals surface area contributed by atoms with Crippen LogP contribution in [0.15, 0.2) is 51.7 Å². The van der Waals surface area contributed by atoms with Gasteiger partial charge in [0.1, 0.15) is 10.5 Å². The van der Waals surface area contributed by atoms with Crippen molar-refractivity contribution in [3.05, 3.63) is 80.1 Å². The van der Waals surface area contributed by atoms with Gasteiger partial charge in [0.15, 0.2) is 22.1 Å². The minimum absolute atomic E-state index is 0.0723. The molecule has 0 aliphatic carbocycles. The van der Waals surface area contributed by atoms with Crippen molar-refractivity contribution in [2.45, 2.75) is 26.8 Å². The molecule has 0 spiro atoms. The highest BCUT2D eigenvalue weighted by Crippen LogP contribution is 2.44. The lowest BCUT2D eigenvalue weighted by Crippen LogP contribution is -2.29. The molecule has 184 valence electrons. The smallest absolute Gasteiger partial charge is 0.350 e. The molecule has 0 saturated heterocycles. The molecule has 0 unspecified atom stereocenters. The normalized spacial score (nSPS) is 14.8. The van der Waals surface area contributed by atoms with Crippen LogP contribution in [0.4, 0.5) is 5.13 Å². The van der Waals surface area contributed by atoms with Gasteiger partial charge in [0.25, 0.3) is 5.91 Å². The van der Waals surface area contributed by atoms with Crippen molar-refractivity contribution < 1.29 is 28.6 Å². The number of phenolic OH excluding ortho intramolecular Hbond substituents is 1. The van der Waals surface area contributed by atoms with Crippen LogP contribution in [0.3, 0.4) is 0 Å². The number of benzene rings is 2. The minimum atomic E-state index is -0.922. The van der Waals surface area contributed by atoms with E-state index in [1.54, 1.807) is 57.2 Å². The van der Waals surface area contributed by atoms with Gasteiger partial charge < -0.3 is 19.0 Å². The van der Waals surface area contributed by atoms with E-state index < -0.39 is 17.9 Å². The molecule has 4 aromatic rings. The van der Waals surface area contributed by atoms with Gasteiger partial charge in [-0.25, -0.2) is 9.78 Å². The van der Waals surface area contributed by atoms with Gasteiger partial charge in [0, 0.05) is 0 Å². The zero-order chi connectivity index (χ0) is 25.6. The third-order valence-electron chi connectivity index (χ3n) is 5.83. The number of nitrogens with zero attached hydrogens (tertiary/aromatic N) is 2. The van der Waals surface area contributed by atoms with Gasteiger partial charge in [-0.2, -0.15) is 0 Å². The van der Waals surface area contributed by atoms with Crippen molar-refractivity contribution >= 4 is 39.3 Å². The number of thiazole rings is 1. The lowest BCUT2D eigenvalue weighted by molar-refractivity contribution is 0.0531. The average Bonchev–Trinajstić information content (AvgIpc) is 3.38. The number of carbonyl (C=O) groups excluding carboxylic acids is 2. The number of hydrogen-bond acceptors (Lipinski definition) is 9. The lowest BCUT2D eigenvalue weighted by atomic mass is 9.98. The van der Waals surface area contributed by atoms with E-state index in [4.69, 9.17) is 13.9 Å². The van der Waals surface area contributed by atoms with Crippen LogP contribution in [-0.2, 0) is 4.74 Å². The zero-order valence-corrected chi connectivity index (χ0v) is 20.5. The van der Waals surface area contributed by atoms with E-state index in [0.29, 0.717) is 28.8 Å². The molecule has 9 nitrogen and oxygen atoms in total. The second kappa shape index (κ2) is 9.12. The number of para-hydroxylation sites is 1. The molecule has 0 bridgehead atoms. The summed E-state index contributed by atoms with van der Waals surface area (Å²) in [5.74, 6) is -1.06. The predicted octanol–water partition coefficient (Wildman–Crippen LogP) is 4.59. The highest BCUT2D eigenvalue weighted by atomic mass is 32.1. The van der Waals surface area contributed by atoms with Gasteiger partial charge in [-0.05, 0) is 50.6 Å². The second-order valence-electron chi connectivity index (χ2n) is 8.04. The molecule has 0 saturated carbocycles. The van der Waals surface area contributed by atoms with Crippen LogP contribution in [0.25, 0.3) is 11.0 Å². The van der Waals surface area contributed by atoms with Crippen LogP contribution in [0, 0.1) is 6.92 Å². The Balaban J connectivity index is 1.75. The number of fused-ring (bicyclic) bond motifs is 2. The van der Waals surface area contributed by atoms with Gasteiger partial charge >= 0.3 is 5.97 Å². The third kappa shape index (κ3) is 3.70. The van der Waals surface area contributed by atoms with Crippen LogP contribution >= 0.6 is 11.3 Å². The number of esters is 1. The number of anilines is 1. The first kappa shape index (κ1) is 23.6. The van der Waals surface area contributed by atoms with E-state index >= 15 is 0 Å². The fourth-order valence-electron chi connectivity index (χ4n) is 4.28. The topological polar surface area (TPSA) is 119 Å². The maximum Gasteiger partial charge on any atom is 0.350 e. The molecular weight excluding hydrogens is 484 g/mol. The van der Waals surface area contributed by atoms with Crippen molar-refractivity contribution in [2.24, 2.45) is 0 Å². The number of aromatic nitrogens is 1. The number of ether oxygens (including phenoxy) is 2. The third-order valence-corrected chi connectivity index (χ3v) is 6.97. The SMILES string of the molecule is CCOC(=O)c1sc(N2C(=O)c3oc4ccccc4c(=O)c3[C@@H]2c2ccc(O)c(OCC)c2)nc1C. The Morgan fingerprint density at radius 3 is 2.69 bits per heavy atom. The molecule has 1 amide bonds. The monoisotopic (exact) mass is 506 g/mol. The standard InChI is InChI=1S/C26H22N2O7S/c1-4-33-18-12-14(10-11-16(18)29)20-19-21(30)15-8-6-7-9-17(15)35-22(19)24(31)28(20)26-27-13(3)23(36-26)25(32)34-5-2/h6-12,20,29H,4-5H2,1-3H3/t20-/m0/s1. The first-order valence-electron chi connectivity index (χ1n) is 11.3. The quantitative estimate of drug-likeness (QED) is 0.377. The number of aromatic hydroxyl groups is 1. The van der Waals surface area contributed by atoms with Gasteiger partial charge in [-0.1, -0.05) is 29.5 Å².